The minimum absolute atomic E-state index is 0.0254. The Morgan fingerprint density at radius 2 is 1.83 bits per heavy atom. The van der Waals surface area contributed by atoms with E-state index >= 15 is 0 Å². The molecule has 0 aliphatic heterocycles. The average molecular weight is 307 g/mol. The van der Waals surface area contributed by atoms with Gasteiger partial charge in [-0.3, -0.25) is 0 Å². The Balaban J connectivity index is 2.10. The number of nitrogens with zero attached hydrogens (tertiary/aromatic N) is 1. The van der Waals surface area contributed by atoms with Crippen LogP contribution < -0.4 is 0 Å². The molecule has 0 saturated carbocycles. The van der Waals surface area contributed by atoms with Gasteiger partial charge in [0.25, 0.3) is 0 Å². The molecule has 1 atom stereocenters. The smallest absolute Gasteiger partial charge is 0.0793 e. The van der Waals surface area contributed by atoms with Crippen molar-refractivity contribution in [1.29, 1.82) is 0 Å². The van der Waals surface area contributed by atoms with E-state index in [4.69, 9.17) is 9.72 Å². The van der Waals surface area contributed by atoms with E-state index in [-0.39, 0.29) is 12.7 Å². The van der Waals surface area contributed by atoms with Crippen LogP contribution in [0, 0.1) is 6.92 Å². The Kier molecular flexibility index (Phi) is 4.42. The van der Waals surface area contributed by atoms with E-state index in [0.29, 0.717) is 0 Å². The molecule has 0 saturated heterocycles. The summed E-state index contributed by atoms with van der Waals surface area (Å²) in [5.41, 5.74) is 5.93. The molecule has 0 amide bonds. The van der Waals surface area contributed by atoms with Crippen molar-refractivity contribution < 1.29 is 9.84 Å². The molecule has 0 aliphatic rings. The summed E-state index contributed by atoms with van der Waals surface area (Å²) in [7, 11) is 1.70. The zero-order chi connectivity index (χ0) is 16.4. The molecule has 23 heavy (non-hydrogen) atoms. The van der Waals surface area contributed by atoms with Crippen LogP contribution in [0.3, 0.4) is 0 Å². The summed E-state index contributed by atoms with van der Waals surface area (Å²) in [6.07, 6.45) is 0.0635. The SMILES string of the molecule is COC(C)c1ccc(-c2nc3cc(C)ccc3cc2CO)cc1. The second-order valence-corrected chi connectivity index (χ2v) is 5.85. The minimum atomic E-state index is -0.0254. The first-order chi connectivity index (χ1) is 11.1. The summed E-state index contributed by atoms with van der Waals surface area (Å²) in [5.74, 6) is 0. The van der Waals surface area contributed by atoms with Crippen LogP contribution in [-0.2, 0) is 11.3 Å². The number of rotatable bonds is 4. The Bertz CT molecular complexity index is 825. The molecule has 118 valence electrons. The third kappa shape index (κ3) is 3.11. The summed E-state index contributed by atoms with van der Waals surface area (Å²) < 4.78 is 5.34. The number of hydrogen-bond donors (Lipinski definition) is 1. The van der Waals surface area contributed by atoms with Crippen molar-refractivity contribution in [1.82, 2.24) is 4.98 Å². The highest BCUT2D eigenvalue weighted by molar-refractivity contribution is 5.84. The number of hydrogen-bond acceptors (Lipinski definition) is 3. The number of aliphatic hydroxyl groups excluding tert-OH is 1. The van der Waals surface area contributed by atoms with Crippen LogP contribution in [-0.4, -0.2) is 17.2 Å². The largest absolute Gasteiger partial charge is 0.392 e. The second-order valence-electron chi connectivity index (χ2n) is 5.85. The predicted octanol–water partition coefficient (Wildman–Crippen LogP) is 4.41. The lowest BCUT2D eigenvalue weighted by Gasteiger charge is -2.12. The van der Waals surface area contributed by atoms with Crippen LogP contribution in [0.25, 0.3) is 22.2 Å². The number of methoxy groups -OCH3 is 1. The van der Waals surface area contributed by atoms with E-state index in [1.165, 1.54) is 5.56 Å². The summed E-state index contributed by atoms with van der Waals surface area (Å²) >= 11 is 0. The summed E-state index contributed by atoms with van der Waals surface area (Å²) in [4.78, 5) is 4.78. The maximum absolute atomic E-state index is 9.71. The number of fused-ring (bicyclic) bond motifs is 1. The molecule has 0 fully saturated rings. The Hall–Kier alpha value is -2.23. The zero-order valence-corrected chi connectivity index (χ0v) is 13.7. The van der Waals surface area contributed by atoms with E-state index in [2.05, 4.69) is 19.1 Å². The molecule has 0 bridgehead atoms. The molecule has 0 radical (unpaired) electrons. The van der Waals surface area contributed by atoms with Crippen molar-refractivity contribution in [2.75, 3.05) is 7.11 Å². The van der Waals surface area contributed by atoms with Gasteiger partial charge in [-0.1, -0.05) is 36.4 Å². The second kappa shape index (κ2) is 6.49. The molecule has 1 aromatic heterocycles. The first-order valence-corrected chi connectivity index (χ1v) is 7.76. The van der Waals surface area contributed by atoms with Crippen molar-refractivity contribution in [2.24, 2.45) is 0 Å². The highest BCUT2D eigenvalue weighted by atomic mass is 16.5. The van der Waals surface area contributed by atoms with E-state index in [9.17, 15) is 5.11 Å². The first-order valence-electron chi connectivity index (χ1n) is 7.76. The number of aryl methyl sites for hydroxylation is 1. The predicted molar refractivity (Wildman–Crippen MR) is 93.3 cm³/mol. The number of pyridine rings is 1. The quantitative estimate of drug-likeness (QED) is 0.776. The van der Waals surface area contributed by atoms with Crippen molar-refractivity contribution in [3.63, 3.8) is 0 Å². The van der Waals surface area contributed by atoms with Crippen LogP contribution in [0.2, 0.25) is 0 Å². The molecule has 3 aromatic rings. The minimum Gasteiger partial charge on any atom is -0.392 e. The standard InChI is InChI=1S/C20H21NO2/c1-13-4-5-17-11-18(12-22)20(21-19(17)10-13)16-8-6-15(7-9-16)14(2)23-3/h4-11,14,22H,12H2,1-3H3. The van der Waals surface area contributed by atoms with Crippen LogP contribution >= 0.6 is 0 Å². The maximum atomic E-state index is 9.71. The molecule has 3 rings (SSSR count). The number of aliphatic hydroxyl groups is 1. The summed E-state index contributed by atoms with van der Waals surface area (Å²) in [6.45, 7) is 4.05. The van der Waals surface area contributed by atoms with Crippen molar-refractivity contribution in [2.45, 2.75) is 26.6 Å². The molecule has 1 unspecified atom stereocenters. The zero-order valence-electron chi connectivity index (χ0n) is 13.7. The van der Waals surface area contributed by atoms with Gasteiger partial charge in [-0.2, -0.15) is 0 Å². The van der Waals surface area contributed by atoms with Crippen LogP contribution in [0.1, 0.15) is 29.7 Å². The fraction of sp³-hybridized carbons (Fsp3) is 0.250. The lowest BCUT2D eigenvalue weighted by Crippen LogP contribution is -1.97. The molecule has 3 nitrogen and oxygen atoms in total. The molecular formula is C20H21NO2. The monoisotopic (exact) mass is 307 g/mol. The van der Waals surface area contributed by atoms with Gasteiger partial charge in [0.15, 0.2) is 0 Å². The number of ether oxygens (including phenoxy) is 1. The lowest BCUT2D eigenvalue weighted by atomic mass is 10.0. The van der Waals surface area contributed by atoms with Gasteiger partial charge in [0, 0.05) is 23.6 Å². The number of aromatic nitrogens is 1. The van der Waals surface area contributed by atoms with Gasteiger partial charge in [0.05, 0.1) is 23.9 Å². The van der Waals surface area contributed by atoms with Crippen molar-refractivity contribution >= 4 is 10.9 Å². The van der Waals surface area contributed by atoms with E-state index in [0.717, 1.165) is 33.3 Å². The molecule has 0 spiro atoms. The molecule has 1 heterocycles. The summed E-state index contributed by atoms with van der Waals surface area (Å²) in [6, 6.07) is 16.4. The highest BCUT2D eigenvalue weighted by Crippen LogP contribution is 2.28. The van der Waals surface area contributed by atoms with Crippen LogP contribution in [0.5, 0.6) is 0 Å². The van der Waals surface area contributed by atoms with Gasteiger partial charge in [0.1, 0.15) is 0 Å². The molecule has 0 aliphatic carbocycles. The fourth-order valence-electron chi connectivity index (χ4n) is 2.74. The van der Waals surface area contributed by atoms with Crippen molar-refractivity contribution in [3.05, 3.63) is 65.2 Å². The maximum Gasteiger partial charge on any atom is 0.0793 e. The molecule has 3 heteroatoms. The van der Waals surface area contributed by atoms with Gasteiger partial charge in [-0.05, 0) is 37.1 Å². The van der Waals surface area contributed by atoms with Gasteiger partial charge in [-0.25, -0.2) is 4.98 Å². The third-order valence-corrected chi connectivity index (χ3v) is 4.23. The topological polar surface area (TPSA) is 42.4 Å². The lowest BCUT2D eigenvalue weighted by molar-refractivity contribution is 0.119. The van der Waals surface area contributed by atoms with Crippen molar-refractivity contribution in [3.8, 4) is 11.3 Å². The fourth-order valence-corrected chi connectivity index (χ4v) is 2.74. The first kappa shape index (κ1) is 15.7. The molecule has 1 N–H and O–H groups in total. The molecular weight excluding hydrogens is 286 g/mol. The Morgan fingerprint density at radius 3 is 2.48 bits per heavy atom. The van der Waals surface area contributed by atoms with Crippen LogP contribution in [0.4, 0.5) is 0 Å². The van der Waals surface area contributed by atoms with E-state index in [1.807, 2.05) is 43.3 Å². The summed E-state index contributed by atoms with van der Waals surface area (Å²) in [5, 5.41) is 10.8. The van der Waals surface area contributed by atoms with Gasteiger partial charge in [-0.15, -0.1) is 0 Å². The number of benzene rings is 2. The Labute approximate surface area is 136 Å². The highest BCUT2D eigenvalue weighted by Gasteiger charge is 2.10. The average Bonchev–Trinajstić information content (AvgIpc) is 2.60. The van der Waals surface area contributed by atoms with E-state index in [1.54, 1.807) is 7.11 Å². The van der Waals surface area contributed by atoms with Gasteiger partial charge in [0.2, 0.25) is 0 Å². The normalized spacial score (nSPS) is 12.5. The third-order valence-electron chi connectivity index (χ3n) is 4.23. The van der Waals surface area contributed by atoms with Gasteiger partial charge < -0.3 is 9.84 Å². The van der Waals surface area contributed by atoms with Crippen LogP contribution in [0.15, 0.2) is 48.5 Å². The molecule has 2 aromatic carbocycles. The van der Waals surface area contributed by atoms with Gasteiger partial charge >= 0.3 is 0 Å². The van der Waals surface area contributed by atoms with E-state index < -0.39 is 0 Å². The Morgan fingerprint density at radius 1 is 1.09 bits per heavy atom.